The molecule has 0 aromatic heterocycles. The van der Waals surface area contributed by atoms with Gasteiger partial charge in [0, 0.05) is 12.8 Å². The minimum atomic E-state index is -3.34. The first kappa shape index (κ1) is 25.9. The van der Waals surface area contributed by atoms with Gasteiger partial charge in [-0.2, -0.15) is 0 Å². The van der Waals surface area contributed by atoms with Gasteiger partial charge in [-0.1, -0.05) is 76.8 Å². The third-order valence-corrected chi connectivity index (χ3v) is 6.59. The van der Waals surface area contributed by atoms with Gasteiger partial charge in [0.15, 0.2) is 0 Å². The van der Waals surface area contributed by atoms with Gasteiger partial charge in [-0.25, -0.2) is 0 Å². The largest absolute Gasteiger partial charge is 0.461 e. The van der Waals surface area contributed by atoms with Crippen LogP contribution in [0.2, 0.25) is 0 Å². The summed E-state index contributed by atoms with van der Waals surface area (Å²) >= 11 is 0. The van der Waals surface area contributed by atoms with Crippen molar-refractivity contribution in [2.24, 2.45) is 0 Å². The van der Waals surface area contributed by atoms with E-state index in [0.717, 1.165) is 50.5 Å². The Morgan fingerprint density at radius 1 is 0.897 bits per heavy atom. The summed E-state index contributed by atoms with van der Waals surface area (Å²) in [5.74, 6) is -0.243. The van der Waals surface area contributed by atoms with Gasteiger partial charge >= 0.3 is 13.6 Å². The topological polar surface area (TPSA) is 61.8 Å². The molecular weight excluding hydrogens is 387 g/mol. The Kier molecular flexibility index (Phi) is 14.0. The van der Waals surface area contributed by atoms with Gasteiger partial charge in [-0.15, -0.1) is 0 Å². The Bertz CT molecular complexity index is 576. The van der Waals surface area contributed by atoms with E-state index < -0.39 is 13.7 Å². The highest BCUT2D eigenvalue weighted by Gasteiger charge is 2.31. The maximum absolute atomic E-state index is 13.4. The van der Waals surface area contributed by atoms with Crippen LogP contribution in [0, 0.1) is 0 Å². The lowest BCUT2D eigenvalue weighted by Gasteiger charge is -2.24. The van der Waals surface area contributed by atoms with Crippen molar-refractivity contribution in [2.45, 2.75) is 84.7 Å². The number of rotatable bonds is 17. The molecule has 0 saturated carbocycles. The van der Waals surface area contributed by atoms with Gasteiger partial charge in [0.2, 0.25) is 0 Å². The molecule has 1 atom stereocenters. The number of hydrogen-bond acceptors (Lipinski definition) is 5. The van der Waals surface area contributed by atoms with Crippen LogP contribution in [0.3, 0.4) is 0 Å². The molecule has 1 aromatic carbocycles. The van der Waals surface area contributed by atoms with Crippen molar-refractivity contribution in [2.75, 3.05) is 19.4 Å². The predicted molar refractivity (Wildman–Crippen MR) is 118 cm³/mol. The van der Waals surface area contributed by atoms with Gasteiger partial charge in [0.25, 0.3) is 0 Å². The summed E-state index contributed by atoms with van der Waals surface area (Å²) in [6.45, 7) is 7.00. The maximum atomic E-state index is 13.4. The highest BCUT2D eigenvalue weighted by atomic mass is 31.2. The van der Waals surface area contributed by atoms with Gasteiger partial charge in [0.05, 0.1) is 19.4 Å². The van der Waals surface area contributed by atoms with Crippen LogP contribution in [-0.2, 0) is 29.6 Å². The first-order chi connectivity index (χ1) is 14.0. The van der Waals surface area contributed by atoms with E-state index in [1.807, 2.05) is 30.3 Å². The van der Waals surface area contributed by atoms with E-state index in [2.05, 4.69) is 20.8 Å². The summed E-state index contributed by atoms with van der Waals surface area (Å²) in [4.78, 5) is 12.3. The minimum absolute atomic E-state index is 0.0921. The number of unbranched alkanes of at least 4 members (excludes halogenated alkanes) is 4. The zero-order valence-corrected chi connectivity index (χ0v) is 19.3. The van der Waals surface area contributed by atoms with E-state index in [4.69, 9.17) is 13.8 Å². The Balaban J connectivity index is 2.84. The van der Waals surface area contributed by atoms with Gasteiger partial charge in [-0.3, -0.25) is 9.36 Å². The van der Waals surface area contributed by atoms with Crippen LogP contribution >= 0.6 is 7.60 Å². The highest BCUT2D eigenvalue weighted by molar-refractivity contribution is 7.53. The Hall–Kier alpha value is -1.16. The van der Waals surface area contributed by atoms with Crippen molar-refractivity contribution in [3.63, 3.8) is 0 Å². The number of esters is 1. The summed E-state index contributed by atoms with van der Waals surface area (Å²) in [6, 6.07) is 9.81. The molecule has 1 aromatic rings. The van der Waals surface area contributed by atoms with E-state index in [1.165, 1.54) is 0 Å². The van der Waals surface area contributed by atoms with Crippen LogP contribution in [0.25, 0.3) is 0 Å². The van der Waals surface area contributed by atoms with E-state index in [-0.39, 0.29) is 12.1 Å². The second-order valence-corrected chi connectivity index (χ2v) is 9.53. The first-order valence-corrected chi connectivity index (χ1v) is 12.9. The zero-order valence-electron chi connectivity index (χ0n) is 18.4. The van der Waals surface area contributed by atoms with Crippen LogP contribution < -0.4 is 0 Å². The predicted octanol–water partition coefficient (Wildman–Crippen LogP) is 6.55. The van der Waals surface area contributed by atoms with Crippen molar-refractivity contribution in [1.82, 2.24) is 0 Å². The summed E-state index contributed by atoms with van der Waals surface area (Å²) in [5, 5.41) is 0. The molecule has 0 aliphatic carbocycles. The van der Waals surface area contributed by atoms with Crippen molar-refractivity contribution in [3.05, 3.63) is 35.9 Å². The molecule has 1 rings (SSSR count). The molecule has 0 heterocycles. The average Bonchev–Trinajstić information content (AvgIpc) is 2.69. The van der Waals surface area contributed by atoms with E-state index in [9.17, 15) is 9.36 Å². The second kappa shape index (κ2) is 15.6. The smallest absolute Gasteiger partial charge is 0.334 e. The Morgan fingerprint density at radius 3 is 2.03 bits per heavy atom. The third kappa shape index (κ3) is 12.2. The molecule has 0 amide bonds. The van der Waals surface area contributed by atoms with E-state index in [0.29, 0.717) is 26.1 Å². The van der Waals surface area contributed by atoms with Crippen molar-refractivity contribution < 1.29 is 23.1 Å². The Labute approximate surface area is 177 Å². The monoisotopic (exact) mass is 426 g/mol. The van der Waals surface area contributed by atoms with Crippen LogP contribution in [0.4, 0.5) is 0 Å². The standard InChI is InChI=1S/C23H39O5P/c1-4-7-11-16-23(24)28-22(19-21-14-12-10-13-15-21)20-29(25,26-17-8-5-2)27-18-9-6-3/h10,12-15,22H,4-9,11,16-20H2,1-3H3. The summed E-state index contributed by atoms with van der Waals surface area (Å²) < 4.78 is 30.5. The first-order valence-electron chi connectivity index (χ1n) is 11.1. The normalized spacial score (nSPS) is 12.7. The molecule has 0 bridgehead atoms. The highest BCUT2D eigenvalue weighted by Crippen LogP contribution is 2.49. The van der Waals surface area contributed by atoms with Gasteiger partial charge in [-0.05, 0) is 24.8 Å². The zero-order chi connectivity index (χ0) is 21.4. The van der Waals surface area contributed by atoms with Crippen LogP contribution in [0.15, 0.2) is 30.3 Å². The molecule has 0 N–H and O–H groups in total. The lowest BCUT2D eigenvalue weighted by Crippen LogP contribution is -2.26. The van der Waals surface area contributed by atoms with Crippen molar-refractivity contribution in [3.8, 4) is 0 Å². The van der Waals surface area contributed by atoms with Crippen molar-refractivity contribution >= 4 is 13.6 Å². The lowest BCUT2D eigenvalue weighted by atomic mass is 10.1. The summed E-state index contributed by atoms with van der Waals surface area (Å²) in [7, 11) is -3.34. The summed E-state index contributed by atoms with van der Waals surface area (Å²) in [5.41, 5.74) is 1.03. The maximum Gasteiger partial charge on any atom is 0.334 e. The molecule has 1 unspecified atom stereocenters. The summed E-state index contributed by atoms with van der Waals surface area (Å²) in [6.07, 6.45) is 6.85. The quantitative estimate of drug-likeness (QED) is 0.161. The molecule has 5 nitrogen and oxygen atoms in total. The minimum Gasteiger partial charge on any atom is -0.461 e. The van der Waals surface area contributed by atoms with Crippen LogP contribution in [0.1, 0.15) is 77.7 Å². The molecule has 29 heavy (non-hydrogen) atoms. The fraction of sp³-hybridized carbons (Fsp3) is 0.696. The fourth-order valence-electron chi connectivity index (χ4n) is 2.87. The van der Waals surface area contributed by atoms with Gasteiger partial charge in [0.1, 0.15) is 6.10 Å². The molecule has 0 aliphatic rings. The van der Waals surface area contributed by atoms with Gasteiger partial charge < -0.3 is 13.8 Å². The SMILES string of the molecule is CCCCCC(=O)OC(Cc1ccccc1)CP(=O)(OCCCC)OCCCC. The fourth-order valence-corrected chi connectivity index (χ4v) is 4.67. The Morgan fingerprint density at radius 2 is 1.48 bits per heavy atom. The molecular formula is C23H39O5P. The molecule has 0 aliphatic heterocycles. The number of hydrogen-bond donors (Lipinski definition) is 0. The number of ether oxygens (including phenoxy) is 1. The number of carbonyl (C=O) groups is 1. The van der Waals surface area contributed by atoms with Crippen LogP contribution in [0.5, 0.6) is 0 Å². The second-order valence-electron chi connectivity index (χ2n) is 7.43. The van der Waals surface area contributed by atoms with E-state index >= 15 is 0 Å². The van der Waals surface area contributed by atoms with Crippen LogP contribution in [-0.4, -0.2) is 31.4 Å². The molecule has 166 valence electrons. The third-order valence-electron chi connectivity index (χ3n) is 4.59. The molecule has 0 saturated heterocycles. The lowest BCUT2D eigenvalue weighted by molar-refractivity contribution is -0.148. The molecule has 0 spiro atoms. The number of benzene rings is 1. The molecule has 6 heteroatoms. The van der Waals surface area contributed by atoms with Crippen molar-refractivity contribution in [1.29, 1.82) is 0 Å². The molecule has 0 radical (unpaired) electrons. The average molecular weight is 427 g/mol. The van der Waals surface area contributed by atoms with E-state index in [1.54, 1.807) is 0 Å². The molecule has 0 fully saturated rings. The number of carbonyl (C=O) groups excluding carboxylic acids is 1.